The average molecular weight is 367 g/mol. The van der Waals surface area contributed by atoms with Crippen molar-refractivity contribution in [3.8, 4) is 0 Å². The van der Waals surface area contributed by atoms with Gasteiger partial charge in [-0.3, -0.25) is 19.9 Å². The lowest BCUT2D eigenvalue weighted by molar-refractivity contribution is -0.124. The molecule has 3 rings (SSSR count). The summed E-state index contributed by atoms with van der Waals surface area (Å²) in [5.74, 6) is 0.121. The fraction of sp³-hybridized carbons (Fsp3) is 0.350. The summed E-state index contributed by atoms with van der Waals surface area (Å²) in [5, 5.41) is 11.9. The fourth-order valence-corrected chi connectivity index (χ4v) is 3.17. The number of benzene rings is 1. The topological polar surface area (TPSA) is 90.4 Å². The fourth-order valence-electron chi connectivity index (χ4n) is 3.17. The highest BCUT2D eigenvalue weighted by Crippen LogP contribution is 2.17. The number of nitrogens with zero attached hydrogens (tertiary/aromatic N) is 3. The zero-order chi connectivity index (χ0) is 19.1. The first kappa shape index (κ1) is 19.0. The van der Waals surface area contributed by atoms with E-state index in [1.54, 1.807) is 12.4 Å². The van der Waals surface area contributed by atoms with E-state index in [9.17, 15) is 4.79 Å². The van der Waals surface area contributed by atoms with Gasteiger partial charge in [0.05, 0.1) is 18.1 Å². The quantitative estimate of drug-likeness (QED) is 0.413. The summed E-state index contributed by atoms with van der Waals surface area (Å²) < 4.78 is 0. The molecule has 27 heavy (non-hydrogen) atoms. The smallest absolute Gasteiger partial charge is 0.267 e. The zero-order valence-electron chi connectivity index (χ0n) is 15.4. The SMILES string of the molecule is Cc1ccc(CN2CCC[C@@H](Nc3cnc(/C=C/C(=O)NO)cn3)C2)cc1. The van der Waals surface area contributed by atoms with Gasteiger partial charge in [0.25, 0.3) is 5.91 Å². The molecule has 0 unspecified atom stereocenters. The Kier molecular flexibility index (Phi) is 6.51. The largest absolute Gasteiger partial charge is 0.365 e. The van der Waals surface area contributed by atoms with Crippen LogP contribution in [0, 0.1) is 6.92 Å². The van der Waals surface area contributed by atoms with Crippen molar-refractivity contribution in [2.75, 3.05) is 18.4 Å². The Morgan fingerprint density at radius 3 is 2.81 bits per heavy atom. The number of anilines is 1. The van der Waals surface area contributed by atoms with Crippen LogP contribution in [0.1, 0.15) is 29.7 Å². The molecule has 1 aromatic carbocycles. The van der Waals surface area contributed by atoms with E-state index in [1.165, 1.54) is 28.8 Å². The summed E-state index contributed by atoms with van der Waals surface area (Å²) in [6.45, 7) is 5.14. The molecule has 7 heteroatoms. The van der Waals surface area contributed by atoms with Crippen molar-refractivity contribution in [3.63, 3.8) is 0 Å². The van der Waals surface area contributed by atoms with E-state index in [0.29, 0.717) is 11.7 Å². The number of amides is 1. The molecule has 1 amide bonds. The molecule has 0 radical (unpaired) electrons. The van der Waals surface area contributed by atoms with Crippen molar-refractivity contribution in [2.45, 2.75) is 32.4 Å². The van der Waals surface area contributed by atoms with Crippen LogP contribution >= 0.6 is 0 Å². The number of carbonyl (C=O) groups excluding carboxylic acids is 1. The maximum atomic E-state index is 11.0. The van der Waals surface area contributed by atoms with Gasteiger partial charge in [-0.05, 0) is 37.9 Å². The number of aromatic nitrogens is 2. The van der Waals surface area contributed by atoms with Gasteiger partial charge >= 0.3 is 0 Å². The van der Waals surface area contributed by atoms with Crippen molar-refractivity contribution in [2.24, 2.45) is 0 Å². The molecule has 1 aliphatic heterocycles. The van der Waals surface area contributed by atoms with Crippen LogP contribution in [0.2, 0.25) is 0 Å². The van der Waals surface area contributed by atoms with Crippen molar-refractivity contribution in [1.29, 1.82) is 0 Å². The normalized spacial score (nSPS) is 17.8. The number of hydrogen-bond donors (Lipinski definition) is 3. The van der Waals surface area contributed by atoms with E-state index in [0.717, 1.165) is 38.3 Å². The number of rotatable bonds is 6. The molecule has 0 spiro atoms. The van der Waals surface area contributed by atoms with Gasteiger partial charge in [0, 0.05) is 25.2 Å². The second kappa shape index (κ2) is 9.25. The molecule has 1 fully saturated rings. The molecule has 1 atom stereocenters. The standard InChI is InChI=1S/C20H25N5O2/c1-15-4-6-16(7-5-15)13-25-10-2-3-18(14-25)23-19-12-21-17(11-22-19)8-9-20(26)24-27/h4-9,11-12,18,27H,2-3,10,13-14H2,1H3,(H,22,23)(H,24,26)/b9-8+/t18-/m1/s1. The van der Waals surface area contributed by atoms with Crippen LogP contribution in [0.3, 0.4) is 0 Å². The molecular formula is C20H25N5O2. The van der Waals surface area contributed by atoms with E-state index >= 15 is 0 Å². The molecule has 0 saturated carbocycles. The minimum atomic E-state index is -0.602. The summed E-state index contributed by atoms with van der Waals surface area (Å²) in [6, 6.07) is 9.04. The van der Waals surface area contributed by atoms with Gasteiger partial charge in [0.2, 0.25) is 0 Å². The first-order valence-corrected chi connectivity index (χ1v) is 9.11. The van der Waals surface area contributed by atoms with Gasteiger partial charge in [-0.1, -0.05) is 29.8 Å². The molecule has 1 saturated heterocycles. The number of carbonyl (C=O) groups is 1. The van der Waals surface area contributed by atoms with Gasteiger partial charge in [-0.25, -0.2) is 10.5 Å². The number of piperidine rings is 1. The molecule has 3 N–H and O–H groups in total. The third-order valence-corrected chi connectivity index (χ3v) is 4.57. The van der Waals surface area contributed by atoms with Crippen molar-refractivity contribution >= 4 is 17.8 Å². The molecule has 1 aromatic heterocycles. The van der Waals surface area contributed by atoms with Gasteiger partial charge < -0.3 is 5.32 Å². The number of aryl methyl sites for hydroxylation is 1. The van der Waals surface area contributed by atoms with E-state index in [-0.39, 0.29) is 0 Å². The number of nitrogens with one attached hydrogen (secondary N) is 2. The predicted octanol–water partition coefficient (Wildman–Crippen LogP) is 2.38. The highest BCUT2D eigenvalue weighted by molar-refractivity contribution is 5.90. The van der Waals surface area contributed by atoms with Gasteiger partial charge in [-0.15, -0.1) is 0 Å². The van der Waals surface area contributed by atoms with Crippen LogP contribution in [0.5, 0.6) is 0 Å². The maximum Gasteiger partial charge on any atom is 0.267 e. The van der Waals surface area contributed by atoms with Crippen LogP contribution in [-0.4, -0.2) is 45.1 Å². The van der Waals surface area contributed by atoms with Crippen LogP contribution in [0.4, 0.5) is 5.82 Å². The maximum absolute atomic E-state index is 11.0. The van der Waals surface area contributed by atoms with E-state index in [1.807, 2.05) is 0 Å². The van der Waals surface area contributed by atoms with Gasteiger partial charge in [-0.2, -0.15) is 0 Å². The summed E-state index contributed by atoms with van der Waals surface area (Å²) in [6.07, 6.45) is 8.19. The molecule has 2 aromatic rings. The average Bonchev–Trinajstić information content (AvgIpc) is 2.69. The van der Waals surface area contributed by atoms with E-state index in [2.05, 4.69) is 51.4 Å². The molecule has 2 heterocycles. The third-order valence-electron chi connectivity index (χ3n) is 4.57. The van der Waals surface area contributed by atoms with Gasteiger partial charge in [0.15, 0.2) is 0 Å². The van der Waals surface area contributed by atoms with Gasteiger partial charge in [0.1, 0.15) is 5.82 Å². The Morgan fingerprint density at radius 1 is 1.30 bits per heavy atom. The van der Waals surface area contributed by atoms with Crippen molar-refractivity contribution in [3.05, 3.63) is 59.6 Å². The van der Waals surface area contributed by atoms with Crippen LogP contribution in [0.15, 0.2) is 42.7 Å². The zero-order valence-corrected chi connectivity index (χ0v) is 15.4. The van der Waals surface area contributed by atoms with Crippen molar-refractivity contribution in [1.82, 2.24) is 20.3 Å². The Morgan fingerprint density at radius 2 is 2.11 bits per heavy atom. The molecule has 0 bridgehead atoms. The molecule has 1 aliphatic rings. The molecule has 142 valence electrons. The second-order valence-corrected chi connectivity index (χ2v) is 6.84. The number of likely N-dealkylation sites (tertiary alicyclic amines) is 1. The minimum Gasteiger partial charge on any atom is -0.365 e. The monoisotopic (exact) mass is 367 g/mol. The van der Waals surface area contributed by atoms with E-state index < -0.39 is 5.91 Å². The minimum absolute atomic E-state index is 0.333. The molecule has 0 aliphatic carbocycles. The lowest BCUT2D eigenvalue weighted by atomic mass is 10.0. The highest BCUT2D eigenvalue weighted by Gasteiger charge is 2.20. The number of hydrogen-bond acceptors (Lipinski definition) is 6. The summed E-state index contributed by atoms with van der Waals surface area (Å²) in [4.78, 5) is 22.1. The summed E-state index contributed by atoms with van der Waals surface area (Å²) in [7, 11) is 0. The molecular weight excluding hydrogens is 342 g/mol. The lowest BCUT2D eigenvalue weighted by Gasteiger charge is -2.33. The van der Waals surface area contributed by atoms with Crippen LogP contribution in [0.25, 0.3) is 6.08 Å². The van der Waals surface area contributed by atoms with Crippen molar-refractivity contribution < 1.29 is 10.0 Å². The number of hydroxylamine groups is 1. The highest BCUT2D eigenvalue weighted by atomic mass is 16.5. The molecule has 7 nitrogen and oxygen atoms in total. The summed E-state index contributed by atoms with van der Waals surface area (Å²) >= 11 is 0. The van der Waals surface area contributed by atoms with Crippen LogP contribution < -0.4 is 10.8 Å². The first-order valence-electron chi connectivity index (χ1n) is 9.11. The Labute approximate surface area is 159 Å². The Balaban J connectivity index is 1.53. The van der Waals surface area contributed by atoms with E-state index in [4.69, 9.17) is 5.21 Å². The first-order chi connectivity index (χ1) is 13.1. The lowest BCUT2D eigenvalue weighted by Crippen LogP contribution is -2.41. The third kappa shape index (κ3) is 5.87. The predicted molar refractivity (Wildman–Crippen MR) is 104 cm³/mol. The Hall–Kier alpha value is -2.77. The summed E-state index contributed by atoms with van der Waals surface area (Å²) in [5.41, 5.74) is 4.70. The van der Waals surface area contributed by atoms with Crippen LogP contribution in [-0.2, 0) is 11.3 Å². The second-order valence-electron chi connectivity index (χ2n) is 6.84. The Bertz CT molecular complexity index is 774.